The highest BCUT2D eigenvalue weighted by molar-refractivity contribution is 6.04. The van der Waals surface area contributed by atoms with Crippen molar-refractivity contribution in [3.05, 3.63) is 0 Å². The lowest BCUT2D eigenvalue weighted by atomic mass is 9.96. The van der Waals surface area contributed by atoms with Crippen LogP contribution in [0.25, 0.3) is 0 Å². The van der Waals surface area contributed by atoms with Crippen LogP contribution in [0.2, 0.25) is 0 Å². The molecule has 4 amide bonds. The van der Waals surface area contributed by atoms with E-state index in [4.69, 9.17) is 23.9 Å². The van der Waals surface area contributed by atoms with Crippen LogP contribution in [0.4, 0.5) is 0 Å². The van der Waals surface area contributed by atoms with Gasteiger partial charge in [0.05, 0.1) is 13.2 Å². The highest BCUT2D eigenvalue weighted by Gasteiger charge is 2.41. The Kier molecular flexibility index (Phi) is 12.4. The molecule has 1 unspecified atom stereocenters. The van der Waals surface area contributed by atoms with Crippen molar-refractivity contribution in [2.45, 2.75) is 72.8 Å². The zero-order valence-corrected chi connectivity index (χ0v) is 23.7. The fourth-order valence-electron chi connectivity index (χ4n) is 3.86. The van der Waals surface area contributed by atoms with E-state index >= 15 is 0 Å². The van der Waals surface area contributed by atoms with E-state index in [0.29, 0.717) is 10.1 Å². The summed E-state index contributed by atoms with van der Waals surface area (Å²) in [5, 5.41) is 0.737. The average Bonchev–Trinajstić information content (AvgIpc) is 3.36. The van der Waals surface area contributed by atoms with Crippen LogP contribution in [0.1, 0.15) is 66.7 Å². The zero-order valence-electron chi connectivity index (χ0n) is 23.7. The Morgan fingerprint density at radius 1 is 0.610 bits per heavy atom. The molecule has 3 atom stereocenters. The summed E-state index contributed by atoms with van der Waals surface area (Å²) in [6.07, 6.45) is -0.759. The molecule has 0 aliphatic carbocycles. The summed E-state index contributed by atoms with van der Waals surface area (Å²) in [7, 11) is 0. The predicted molar refractivity (Wildman–Crippen MR) is 133 cm³/mol. The van der Waals surface area contributed by atoms with Crippen molar-refractivity contribution in [2.24, 2.45) is 23.7 Å². The lowest BCUT2D eigenvalue weighted by Crippen LogP contribution is -2.40. The normalized spacial score (nSPS) is 17.6. The lowest BCUT2D eigenvalue weighted by molar-refractivity contribution is -0.204. The van der Waals surface area contributed by atoms with Gasteiger partial charge in [0.1, 0.15) is 12.7 Å². The fraction of sp³-hybridized carbons (Fsp3) is 0.692. The number of imide groups is 2. The molecule has 0 aromatic rings. The van der Waals surface area contributed by atoms with Gasteiger partial charge in [-0.05, 0) is 18.8 Å². The van der Waals surface area contributed by atoms with Gasteiger partial charge in [-0.1, -0.05) is 27.7 Å². The van der Waals surface area contributed by atoms with Gasteiger partial charge in [0.25, 0.3) is 23.6 Å². The number of hydrogen-bond acceptors (Lipinski definition) is 13. The molecule has 15 nitrogen and oxygen atoms in total. The van der Waals surface area contributed by atoms with Gasteiger partial charge in [0.15, 0.2) is 11.8 Å². The zero-order chi connectivity index (χ0) is 30.9. The average molecular weight is 585 g/mol. The summed E-state index contributed by atoms with van der Waals surface area (Å²) < 4.78 is 15.8. The van der Waals surface area contributed by atoms with Crippen molar-refractivity contribution in [1.82, 2.24) is 10.1 Å². The second-order valence-electron chi connectivity index (χ2n) is 10.2. The van der Waals surface area contributed by atoms with Crippen LogP contribution < -0.4 is 0 Å². The van der Waals surface area contributed by atoms with Crippen LogP contribution in [0.15, 0.2) is 0 Å². The monoisotopic (exact) mass is 584 g/mol. The van der Waals surface area contributed by atoms with Gasteiger partial charge >= 0.3 is 23.9 Å². The molecule has 2 rings (SSSR count). The molecule has 0 saturated carbocycles. The second kappa shape index (κ2) is 15.2. The quantitative estimate of drug-likeness (QED) is 0.113. The molecule has 0 spiro atoms. The Hall–Kier alpha value is -3.88. The minimum Gasteiger partial charge on any atom is -0.463 e. The van der Waals surface area contributed by atoms with E-state index in [2.05, 4.69) is 0 Å². The Labute approximate surface area is 236 Å². The Bertz CT molecular complexity index is 1020. The van der Waals surface area contributed by atoms with Gasteiger partial charge < -0.3 is 23.9 Å². The third-order valence-electron chi connectivity index (χ3n) is 6.18. The van der Waals surface area contributed by atoms with Crippen molar-refractivity contribution in [1.29, 1.82) is 0 Å². The van der Waals surface area contributed by atoms with E-state index < -0.39 is 77.3 Å². The third kappa shape index (κ3) is 9.33. The summed E-state index contributed by atoms with van der Waals surface area (Å²) in [6.45, 7) is 7.74. The number of hydroxylamine groups is 4. The van der Waals surface area contributed by atoms with Gasteiger partial charge in [-0.25, -0.2) is 9.59 Å². The predicted octanol–water partition coefficient (Wildman–Crippen LogP) is 0.627. The van der Waals surface area contributed by atoms with E-state index in [1.165, 1.54) is 0 Å². The molecule has 2 aliphatic heterocycles. The maximum absolute atomic E-state index is 12.6. The standard InChI is InChI=1S/C26H36N2O13/c1-14(2)21(25(35)40-27-17(29)6-7-18(27)30)23(33)38-13-12-37-11-10-16(5)39-24(34)22(15(3)4)26(36)41-28-19(31)8-9-20(28)32/h14-16,21-22H,6-13H2,1-5H3/t16?,21-,22+/m0/s1. The molecule has 0 aromatic carbocycles. The number of carbonyl (C=O) groups excluding carboxylic acids is 8. The molecule has 228 valence electrons. The third-order valence-corrected chi connectivity index (χ3v) is 6.18. The van der Waals surface area contributed by atoms with E-state index in [1.807, 2.05) is 0 Å². The molecule has 2 saturated heterocycles. The van der Waals surface area contributed by atoms with Crippen molar-refractivity contribution in [2.75, 3.05) is 19.8 Å². The fourth-order valence-corrected chi connectivity index (χ4v) is 3.86. The molecule has 0 N–H and O–H groups in total. The van der Waals surface area contributed by atoms with Crippen LogP contribution in [-0.2, 0) is 62.2 Å². The molecule has 41 heavy (non-hydrogen) atoms. The Balaban J connectivity index is 1.72. The summed E-state index contributed by atoms with van der Waals surface area (Å²) in [4.78, 5) is 106. The number of ether oxygens (including phenoxy) is 3. The topological polar surface area (TPSA) is 189 Å². The number of nitrogens with zero attached hydrogens (tertiary/aromatic N) is 2. The maximum Gasteiger partial charge on any atom is 0.347 e. The van der Waals surface area contributed by atoms with Gasteiger partial charge in [0.2, 0.25) is 0 Å². The highest BCUT2D eigenvalue weighted by Crippen LogP contribution is 2.21. The van der Waals surface area contributed by atoms with E-state index in [9.17, 15) is 38.4 Å². The first-order valence-corrected chi connectivity index (χ1v) is 13.3. The number of hydrogen-bond donors (Lipinski definition) is 0. The lowest BCUT2D eigenvalue weighted by Gasteiger charge is -2.22. The van der Waals surface area contributed by atoms with Crippen LogP contribution >= 0.6 is 0 Å². The second-order valence-corrected chi connectivity index (χ2v) is 10.2. The molecular weight excluding hydrogens is 548 g/mol. The minimum absolute atomic E-state index is 0.0474. The summed E-state index contributed by atoms with van der Waals surface area (Å²) >= 11 is 0. The van der Waals surface area contributed by atoms with Crippen LogP contribution in [0.5, 0.6) is 0 Å². The SMILES string of the molecule is CC(CCOCCOC(=O)[C@@H](C(=O)ON1C(=O)CCC1=O)C(C)C)OC(=O)[C@H](C(=O)ON1C(=O)CCC1=O)C(C)C. The van der Waals surface area contributed by atoms with Gasteiger partial charge in [0, 0.05) is 32.1 Å². The van der Waals surface area contributed by atoms with Crippen molar-refractivity contribution in [3.63, 3.8) is 0 Å². The number of esters is 2. The molecular formula is C26H36N2O13. The Morgan fingerprint density at radius 2 is 1.02 bits per heavy atom. The Morgan fingerprint density at radius 3 is 1.44 bits per heavy atom. The summed E-state index contributed by atoms with van der Waals surface area (Å²) in [5.74, 6) is -10.4. The number of rotatable bonds is 15. The molecule has 2 aliphatic rings. The first-order valence-electron chi connectivity index (χ1n) is 13.3. The van der Waals surface area contributed by atoms with E-state index in [0.717, 1.165) is 0 Å². The van der Waals surface area contributed by atoms with Crippen LogP contribution in [0.3, 0.4) is 0 Å². The smallest absolute Gasteiger partial charge is 0.347 e. The van der Waals surface area contributed by atoms with Crippen molar-refractivity contribution < 1.29 is 62.2 Å². The minimum atomic E-state index is -1.36. The molecule has 2 fully saturated rings. The van der Waals surface area contributed by atoms with Gasteiger partial charge in [-0.15, -0.1) is 10.1 Å². The summed E-state index contributed by atoms with van der Waals surface area (Å²) in [6, 6.07) is 0. The van der Waals surface area contributed by atoms with Crippen LogP contribution in [-0.4, -0.2) is 83.6 Å². The molecule has 0 bridgehead atoms. The maximum atomic E-state index is 12.6. The van der Waals surface area contributed by atoms with Crippen LogP contribution in [0, 0.1) is 23.7 Å². The number of carbonyl (C=O) groups is 8. The highest BCUT2D eigenvalue weighted by atomic mass is 16.7. The van der Waals surface area contributed by atoms with E-state index in [1.54, 1.807) is 34.6 Å². The first kappa shape index (κ1) is 33.3. The first-order chi connectivity index (χ1) is 19.2. The largest absolute Gasteiger partial charge is 0.463 e. The number of amides is 4. The van der Waals surface area contributed by atoms with Gasteiger partial charge in [-0.2, -0.15) is 0 Å². The molecule has 2 heterocycles. The van der Waals surface area contributed by atoms with E-state index in [-0.39, 0.29) is 51.9 Å². The molecule has 0 radical (unpaired) electrons. The van der Waals surface area contributed by atoms with Gasteiger partial charge in [-0.3, -0.25) is 28.8 Å². The summed E-state index contributed by atoms with van der Waals surface area (Å²) in [5.41, 5.74) is 0. The van der Waals surface area contributed by atoms with Crippen molar-refractivity contribution in [3.8, 4) is 0 Å². The van der Waals surface area contributed by atoms with Crippen molar-refractivity contribution >= 4 is 47.5 Å². The molecule has 15 heteroatoms. The molecule has 0 aromatic heterocycles.